The zero-order valence-electron chi connectivity index (χ0n) is 33.4. The van der Waals surface area contributed by atoms with Crippen LogP contribution in [0.25, 0.3) is 0 Å². The molecule has 0 rings (SSSR count). The van der Waals surface area contributed by atoms with Gasteiger partial charge in [0.25, 0.3) is 0 Å². The normalized spacial score (nSPS) is 12.5. The molecule has 1 unspecified atom stereocenters. The molecule has 0 saturated heterocycles. The van der Waals surface area contributed by atoms with Crippen molar-refractivity contribution in [1.82, 2.24) is 0 Å². The molecule has 294 valence electrons. The number of carbonyl (C=O) groups excluding carboxylic acids is 3. The molecule has 6 heteroatoms. The summed E-state index contributed by atoms with van der Waals surface area (Å²) in [6.07, 6.45) is 45.3. The molecular weight excluding hydrogens is 636 g/mol. The molecule has 0 aliphatic rings. The van der Waals surface area contributed by atoms with Crippen LogP contribution in [0.1, 0.15) is 201 Å². The van der Waals surface area contributed by atoms with Crippen molar-refractivity contribution in [2.45, 2.75) is 207 Å². The van der Waals surface area contributed by atoms with Crippen molar-refractivity contribution in [3.05, 3.63) is 48.6 Å². The predicted octanol–water partition coefficient (Wildman–Crippen LogP) is 13.2. The van der Waals surface area contributed by atoms with Crippen LogP contribution in [-0.2, 0) is 28.6 Å². The molecule has 51 heavy (non-hydrogen) atoms. The Balaban J connectivity index is 4.39. The van der Waals surface area contributed by atoms with Gasteiger partial charge >= 0.3 is 17.9 Å². The molecule has 1 atom stereocenters. The van der Waals surface area contributed by atoms with E-state index in [9.17, 15) is 14.4 Å². The topological polar surface area (TPSA) is 78.9 Å². The largest absolute Gasteiger partial charge is 0.462 e. The lowest BCUT2D eigenvalue weighted by molar-refractivity contribution is -0.167. The lowest BCUT2D eigenvalue weighted by Gasteiger charge is -2.18. The Morgan fingerprint density at radius 2 is 0.765 bits per heavy atom. The summed E-state index contributed by atoms with van der Waals surface area (Å²) < 4.78 is 16.6. The van der Waals surface area contributed by atoms with Crippen molar-refractivity contribution in [2.75, 3.05) is 13.2 Å². The summed E-state index contributed by atoms with van der Waals surface area (Å²) >= 11 is 0. The molecule has 0 fully saturated rings. The van der Waals surface area contributed by atoms with Crippen LogP contribution in [0.3, 0.4) is 0 Å². The maximum Gasteiger partial charge on any atom is 0.306 e. The van der Waals surface area contributed by atoms with Gasteiger partial charge in [-0.1, -0.05) is 172 Å². The highest BCUT2D eigenvalue weighted by atomic mass is 16.6. The van der Waals surface area contributed by atoms with E-state index < -0.39 is 6.10 Å². The maximum absolute atomic E-state index is 12.6. The monoisotopic (exact) mass is 715 g/mol. The van der Waals surface area contributed by atoms with E-state index >= 15 is 0 Å². The Morgan fingerprint density at radius 3 is 1.20 bits per heavy atom. The molecule has 0 spiro atoms. The van der Waals surface area contributed by atoms with E-state index in [1.807, 2.05) is 0 Å². The van der Waals surface area contributed by atoms with Gasteiger partial charge in [-0.15, -0.1) is 0 Å². The predicted molar refractivity (Wildman–Crippen MR) is 215 cm³/mol. The number of hydrogen-bond acceptors (Lipinski definition) is 6. The van der Waals surface area contributed by atoms with Crippen molar-refractivity contribution in [3.8, 4) is 0 Å². The van der Waals surface area contributed by atoms with Gasteiger partial charge in [0.1, 0.15) is 13.2 Å². The van der Waals surface area contributed by atoms with Crippen LogP contribution in [0.4, 0.5) is 0 Å². The van der Waals surface area contributed by atoms with E-state index in [1.165, 1.54) is 77.0 Å². The summed E-state index contributed by atoms with van der Waals surface area (Å²) in [5.74, 6) is -0.939. The van der Waals surface area contributed by atoms with Gasteiger partial charge in [-0.05, 0) is 57.8 Å². The molecule has 0 N–H and O–H groups in total. The molecule has 0 aromatic carbocycles. The zero-order chi connectivity index (χ0) is 37.3. The highest BCUT2D eigenvalue weighted by Gasteiger charge is 2.19. The Bertz CT molecular complexity index is 918. The molecule has 6 nitrogen and oxygen atoms in total. The van der Waals surface area contributed by atoms with Crippen molar-refractivity contribution < 1.29 is 28.6 Å². The van der Waals surface area contributed by atoms with E-state index in [0.29, 0.717) is 19.3 Å². The average molecular weight is 715 g/mol. The summed E-state index contributed by atoms with van der Waals surface area (Å²) in [6.45, 7) is 6.42. The molecule has 0 aromatic rings. The highest BCUT2D eigenvalue weighted by Crippen LogP contribution is 2.14. The zero-order valence-corrected chi connectivity index (χ0v) is 33.4. The number of allylic oxidation sites excluding steroid dienone is 8. The molecule has 0 bridgehead atoms. The number of hydrogen-bond donors (Lipinski definition) is 0. The number of rotatable bonds is 37. The van der Waals surface area contributed by atoms with Crippen molar-refractivity contribution in [2.24, 2.45) is 0 Å². The fraction of sp³-hybridized carbons (Fsp3) is 0.756. The third kappa shape index (κ3) is 38.4. The first-order valence-corrected chi connectivity index (χ1v) is 21.1. The number of unbranched alkanes of at least 4 members (excludes halogenated alkanes) is 18. The molecular formula is C45H78O6. The fourth-order valence-electron chi connectivity index (χ4n) is 5.67. The van der Waals surface area contributed by atoms with Gasteiger partial charge in [0.05, 0.1) is 0 Å². The van der Waals surface area contributed by atoms with Crippen LogP contribution < -0.4 is 0 Å². The van der Waals surface area contributed by atoms with E-state index in [-0.39, 0.29) is 31.1 Å². The van der Waals surface area contributed by atoms with Crippen LogP contribution in [0.5, 0.6) is 0 Å². The highest BCUT2D eigenvalue weighted by molar-refractivity contribution is 5.71. The third-order valence-electron chi connectivity index (χ3n) is 8.85. The third-order valence-corrected chi connectivity index (χ3v) is 8.85. The first-order chi connectivity index (χ1) is 25.0. The van der Waals surface area contributed by atoms with Crippen LogP contribution >= 0.6 is 0 Å². The van der Waals surface area contributed by atoms with Crippen LogP contribution in [0.15, 0.2) is 48.6 Å². The van der Waals surface area contributed by atoms with E-state index in [0.717, 1.165) is 83.5 Å². The van der Waals surface area contributed by atoms with Crippen molar-refractivity contribution in [1.29, 1.82) is 0 Å². The van der Waals surface area contributed by atoms with Gasteiger partial charge in [-0.2, -0.15) is 0 Å². The molecule has 0 saturated carbocycles. The smallest absolute Gasteiger partial charge is 0.306 e. The number of ether oxygens (including phenoxy) is 3. The Hall–Kier alpha value is -2.63. The first kappa shape index (κ1) is 48.4. The maximum atomic E-state index is 12.6. The van der Waals surface area contributed by atoms with E-state index in [4.69, 9.17) is 14.2 Å². The standard InChI is InChI=1S/C45H78O6/c1-4-7-10-13-16-18-20-21-22-23-25-26-29-32-35-38-44(47)50-41-42(40-49-43(46)37-34-31-28-15-12-9-6-3)51-45(48)39-36-33-30-27-24-19-17-14-11-8-5-2/h7,10,16,18,21-22,25-26,42H,4-6,8-9,11-15,17,19-20,23-24,27-41H2,1-3H3/b10-7-,18-16-,22-21-,26-25-. The van der Waals surface area contributed by atoms with Gasteiger partial charge in [-0.3, -0.25) is 14.4 Å². The van der Waals surface area contributed by atoms with Crippen LogP contribution in [0.2, 0.25) is 0 Å². The van der Waals surface area contributed by atoms with Crippen LogP contribution in [-0.4, -0.2) is 37.2 Å². The molecule has 0 amide bonds. The minimum atomic E-state index is -0.781. The minimum absolute atomic E-state index is 0.0849. The second-order valence-corrected chi connectivity index (χ2v) is 13.9. The van der Waals surface area contributed by atoms with Gasteiger partial charge in [0, 0.05) is 19.3 Å². The lowest BCUT2D eigenvalue weighted by atomic mass is 10.1. The van der Waals surface area contributed by atoms with Crippen molar-refractivity contribution >= 4 is 17.9 Å². The molecule has 0 aliphatic heterocycles. The first-order valence-electron chi connectivity index (χ1n) is 21.1. The molecule has 0 radical (unpaired) electrons. The SMILES string of the molecule is CC/C=C\C/C=C\C/C=C\C/C=C\CCCCC(=O)OCC(COC(=O)CCCCCCCCC)OC(=O)CCCCCCCCCCCCC. The number of carbonyl (C=O) groups is 3. The second-order valence-electron chi connectivity index (χ2n) is 13.9. The molecule has 0 heterocycles. The molecule has 0 aromatic heterocycles. The second kappa shape index (κ2) is 40.1. The summed E-state index contributed by atoms with van der Waals surface area (Å²) in [7, 11) is 0. The van der Waals surface area contributed by atoms with Gasteiger partial charge in [-0.25, -0.2) is 0 Å². The molecule has 0 aliphatic carbocycles. The Kier molecular flexibility index (Phi) is 38.1. The van der Waals surface area contributed by atoms with E-state index in [1.54, 1.807) is 0 Å². The Morgan fingerprint density at radius 1 is 0.412 bits per heavy atom. The van der Waals surface area contributed by atoms with E-state index in [2.05, 4.69) is 69.4 Å². The van der Waals surface area contributed by atoms with Crippen LogP contribution in [0, 0.1) is 0 Å². The fourth-order valence-corrected chi connectivity index (χ4v) is 5.67. The summed E-state index contributed by atoms with van der Waals surface area (Å²) in [5.41, 5.74) is 0. The summed E-state index contributed by atoms with van der Waals surface area (Å²) in [6, 6.07) is 0. The summed E-state index contributed by atoms with van der Waals surface area (Å²) in [4.78, 5) is 37.5. The quantitative estimate of drug-likeness (QED) is 0.0276. The van der Waals surface area contributed by atoms with Crippen molar-refractivity contribution in [3.63, 3.8) is 0 Å². The average Bonchev–Trinajstić information content (AvgIpc) is 3.12. The van der Waals surface area contributed by atoms with Gasteiger partial charge in [0.2, 0.25) is 0 Å². The number of esters is 3. The van der Waals surface area contributed by atoms with Gasteiger partial charge in [0.15, 0.2) is 6.10 Å². The minimum Gasteiger partial charge on any atom is -0.462 e. The van der Waals surface area contributed by atoms with Gasteiger partial charge < -0.3 is 14.2 Å². The summed E-state index contributed by atoms with van der Waals surface area (Å²) in [5, 5.41) is 0. The Labute approximate surface area is 314 Å². The lowest BCUT2D eigenvalue weighted by Crippen LogP contribution is -2.30.